The smallest absolute Gasteiger partial charge is 0.310 e. The van der Waals surface area contributed by atoms with Crippen molar-refractivity contribution in [3.63, 3.8) is 0 Å². The summed E-state index contributed by atoms with van der Waals surface area (Å²) < 4.78 is 7.14. The van der Waals surface area contributed by atoms with Crippen molar-refractivity contribution in [2.24, 2.45) is 5.92 Å². The van der Waals surface area contributed by atoms with E-state index >= 15 is 0 Å². The Bertz CT molecular complexity index is 587. The van der Waals surface area contributed by atoms with Crippen LogP contribution in [0.3, 0.4) is 0 Å². The van der Waals surface area contributed by atoms with E-state index in [-0.39, 0.29) is 24.9 Å². The van der Waals surface area contributed by atoms with Crippen molar-refractivity contribution < 1.29 is 14.3 Å². The van der Waals surface area contributed by atoms with Crippen LogP contribution < -0.4 is 0 Å². The summed E-state index contributed by atoms with van der Waals surface area (Å²) in [6.45, 7) is 10.4. The van der Waals surface area contributed by atoms with E-state index in [1.807, 2.05) is 18.5 Å². The molecule has 2 heterocycles. The molecule has 0 unspecified atom stereocenters. The van der Waals surface area contributed by atoms with Crippen LogP contribution in [0.15, 0.2) is 0 Å². The van der Waals surface area contributed by atoms with Crippen LogP contribution in [0.2, 0.25) is 0 Å². The lowest BCUT2D eigenvalue weighted by Crippen LogP contribution is -2.38. The molecule has 0 aromatic carbocycles. The van der Waals surface area contributed by atoms with Gasteiger partial charge < -0.3 is 9.64 Å². The van der Waals surface area contributed by atoms with Crippen molar-refractivity contribution >= 4 is 11.9 Å². The van der Waals surface area contributed by atoms with Gasteiger partial charge in [-0.1, -0.05) is 13.8 Å². The van der Waals surface area contributed by atoms with Gasteiger partial charge in [0, 0.05) is 30.9 Å². The molecule has 0 N–H and O–H groups in total. The molecule has 2 rings (SSSR count). The number of likely N-dealkylation sites (tertiary alicyclic amines) is 1. The van der Waals surface area contributed by atoms with Gasteiger partial charge in [-0.15, -0.1) is 0 Å². The van der Waals surface area contributed by atoms with Crippen molar-refractivity contribution in [3.05, 3.63) is 17.0 Å². The molecule has 0 radical (unpaired) electrons. The maximum Gasteiger partial charge on any atom is 0.310 e. The largest absolute Gasteiger partial charge is 0.455 e. The minimum atomic E-state index is -0.365. The number of hydrogen-bond acceptors (Lipinski definition) is 4. The number of carbonyl (C=O) groups excluding carboxylic acids is 2. The predicted octanol–water partition coefficient (Wildman–Crippen LogP) is 2.25. The number of piperidine rings is 1. The number of aryl methyl sites for hydroxylation is 1. The average Bonchev–Trinajstić information content (AvgIpc) is 2.80. The second-order valence-corrected chi connectivity index (χ2v) is 7.00. The van der Waals surface area contributed by atoms with E-state index in [1.165, 1.54) is 6.42 Å². The fourth-order valence-corrected chi connectivity index (χ4v) is 3.09. The number of rotatable bonds is 6. The highest BCUT2D eigenvalue weighted by Crippen LogP contribution is 2.16. The fraction of sp³-hybridized carbons (Fsp3) is 0.722. The molecular weight excluding hydrogens is 306 g/mol. The average molecular weight is 335 g/mol. The van der Waals surface area contributed by atoms with Gasteiger partial charge in [0.05, 0.1) is 12.1 Å². The Morgan fingerprint density at radius 2 is 1.83 bits per heavy atom. The van der Waals surface area contributed by atoms with E-state index < -0.39 is 0 Å². The van der Waals surface area contributed by atoms with Gasteiger partial charge >= 0.3 is 5.97 Å². The maximum absolute atomic E-state index is 12.1. The van der Waals surface area contributed by atoms with Crippen LogP contribution >= 0.6 is 0 Å². The first-order valence-electron chi connectivity index (χ1n) is 8.84. The molecule has 1 amide bonds. The third-order valence-corrected chi connectivity index (χ3v) is 4.46. The summed E-state index contributed by atoms with van der Waals surface area (Å²) in [6.07, 6.45) is 3.41. The highest BCUT2D eigenvalue weighted by molar-refractivity contribution is 5.81. The van der Waals surface area contributed by atoms with Crippen LogP contribution in [-0.2, 0) is 27.3 Å². The fourth-order valence-electron chi connectivity index (χ4n) is 3.09. The first-order chi connectivity index (χ1) is 11.4. The lowest BCUT2D eigenvalue weighted by atomic mass is 10.1. The standard InChI is InChI=1S/C18H29N3O3/c1-13(2)11-21-15(4)16(14(3)19-21)10-18(23)24-12-17(22)20-8-6-5-7-9-20/h13H,5-12H2,1-4H3. The molecule has 0 bridgehead atoms. The Labute approximate surface area is 144 Å². The maximum atomic E-state index is 12.1. The van der Waals surface area contributed by atoms with Crippen molar-refractivity contribution in [2.75, 3.05) is 19.7 Å². The first-order valence-corrected chi connectivity index (χ1v) is 8.84. The molecule has 0 atom stereocenters. The molecule has 1 saturated heterocycles. The van der Waals surface area contributed by atoms with Gasteiger partial charge in [0.25, 0.3) is 5.91 Å². The van der Waals surface area contributed by atoms with Crippen LogP contribution in [0, 0.1) is 19.8 Å². The Balaban J connectivity index is 1.88. The van der Waals surface area contributed by atoms with Crippen molar-refractivity contribution in [1.29, 1.82) is 0 Å². The third-order valence-electron chi connectivity index (χ3n) is 4.46. The van der Waals surface area contributed by atoms with Gasteiger partial charge in [-0.25, -0.2) is 0 Å². The zero-order valence-corrected chi connectivity index (χ0v) is 15.3. The zero-order valence-electron chi connectivity index (χ0n) is 15.3. The SMILES string of the molecule is Cc1nn(CC(C)C)c(C)c1CC(=O)OCC(=O)N1CCCCC1. The summed E-state index contributed by atoms with van der Waals surface area (Å²) in [7, 11) is 0. The summed E-state index contributed by atoms with van der Waals surface area (Å²) in [5.74, 6) is 0.0348. The minimum absolute atomic E-state index is 0.0907. The molecule has 6 nitrogen and oxygen atoms in total. The van der Waals surface area contributed by atoms with Gasteiger partial charge in [0.1, 0.15) is 0 Å². The second-order valence-electron chi connectivity index (χ2n) is 7.00. The monoisotopic (exact) mass is 335 g/mol. The topological polar surface area (TPSA) is 64.4 Å². The summed E-state index contributed by atoms with van der Waals surface area (Å²) >= 11 is 0. The summed E-state index contributed by atoms with van der Waals surface area (Å²) in [5.41, 5.74) is 2.76. The molecule has 6 heteroatoms. The Morgan fingerprint density at radius 3 is 2.46 bits per heavy atom. The van der Waals surface area contributed by atoms with E-state index in [1.54, 1.807) is 4.90 Å². The molecule has 0 saturated carbocycles. The zero-order chi connectivity index (χ0) is 17.7. The first kappa shape index (κ1) is 18.5. The molecule has 0 aliphatic carbocycles. The quantitative estimate of drug-likeness (QED) is 0.748. The summed E-state index contributed by atoms with van der Waals surface area (Å²) in [4.78, 5) is 25.9. The van der Waals surface area contributed by atoms with E-state index in [9.17, 15) is 9.59 Å². The number of esters is 1. The van der Waals surface area contributed by atoms with E-state index in [0.29, 0.717) is 5.92 Å². The van der Waals surface area contributed by atoms with Gasteiger partial charge in [-0.3, -0.25) is 14.3 Å². The van der Waals surface area contributed by atoms with Gasteiger partial charge in [-0.05, 0) is 39.0 Å². The Hall–Kier alpha value is -1.85. The van der Waals surface area contributed by atoms with E-state index in [2.05, 4.69) is 18.9 Å². The van der Waals surface area contributed by atoms with Gasteiger partial charge in [0.2, 0.25) is 0 Å². The molecular formula is C18H29N3O3. The summed E-state index contributed by atoms with van der Waals surface area (Å²) in [5, 5.41) is 4.51. The normalized spacial score (nSPS) is 15.0. The Kier molecular flexibility index (Phi) is 6.40. The van der Waals surface area contributed by atoms with Crippen LogP contribution in [-0.4, -0.2) is 46.3 Å². The lowest BCUT2D eigenvalue weighted by molar-refractivity contribution is -0.151. The molecule has 1 aliphatic rings. The van der Waals surface area contributed by atoms with E-state index in [0.717, 1.165) is 49.4 Å². The van der Waals surface area contributed by atoms with Crippen molar-refractivity contribution in [3.8, 4) is 0 Å². The van der Waals surface area contributed by atoms with Crippen LogP contribution in [0.4, 0.5) is 0 Å². The van der Waals surface area contributed by atoms with E-state index in [4.69, 9.17) is 4.74 Å². The Morgan fingerprint density at radius 1 is 1.17 bits per heavy atom. The lowest BCUT2D eigenvalue weighted by Gasteiger charge is -2.26. The van der Waals surface area contributed by atoms with Gasteiger partial charge in [-0.2, -0.15) is 5.10 Å². The van der Waals surface area contributed by atoms with Crippen molar-refractivity contribution in [1.82, 2.24) is 14.7 Å². The number of ether oxygens (including phenoxy) is 1. The highest BCUT2D eigenvalue weighted by Gasteiger charge is 2.20. The number of carbonyl (C=O) groups is 2. The molecule has 134 valence electrons. The number of hydrogen-bond donors (Lipinski definition) is 0. The van der Waals surface area contributed by atoms with Gasteiger partial charge in [0.15, 0.2) is 6.61 Å². The predicted molar refractivity (Wildman–Crippen MR) is 91.6 cm³/mol. The van der Waals surface area contributed by atoms with Crippen LogP contribution in [0.5, 0.6) is 0 Å². The number of aromatic nitrogens is 2. The third kappa shape index (κ3) is 4.82. The highest BCUT2D eigenvalue weighted by atomic mass is 16.5. The van der Waals surface area contributed by atoms with Crippen LogP contribution in [0.25, 0.3) is 0 Å². The molecule has 1 aliphatic heterocycles. The van der Waals surface area contributed by atoms with Crippen molar-refractivity contribution in [2.45, 2.75) is 59.9 Å². The second kappa shape index (κ2) is 8.31. The van der Waals surface area contributed by atoms with Crippen LogP contribution in [0.1, 0.15) is 50.1 Å². The molecule has 0 spiro atoms. The molecule has 1 aromatic rings. The minimum Gasteiger partial charge on any atom is -0.455 e. The molecule has 24 heavy (non-hydrogen) atoms. The number of amides is 1. The molecule has 1 fully saturated rings. The summed E-state index contributed by atoms with van der Waals surface area (Å²) in [6, 6.07) is 0. The molecule has 1 aromatic heterocycles. The number of nitrogens with zero attached hydrogens (tertiary/aromatic N) is 3.